The molecule has 1 fully saturated rings. The monoisotopic (exact) mass is 290 g/mol. The number of likely N-dealkylation sites (N-methyl/N-ethyl adjacent to an activating group) is 1. The van der Waals surface area contributed by atoms with Crippen LogP contribution < -0.4 is 0 Å². The van der Waals surface area contributed by atoms with Gasteiger partial charge in [0, 0.05) is 25.7 Å². The van der Waals surface area contributed by atoms with Gasteiger partial charge >= 0.3 is 5.97 Å². The lowest BCUT2D eigenvalue weighted by atomic mass is 9.82. The molecule has 3 unspecified atom stereocenters. The molecular weight excluding hydrogens is 264 g/mol. The van der Waals surface area contributed by atoms with Gasteiger partial charge in [0.2, 0.25) is 0 Å². The molecule has 3 atom stereocenters. The van der Waals surface area contributed by atoms with Crippen LogP contribution in [-0.2, 0) is 10.2 Å². The van der Waals surface area contributed by atoms with E-state index in [0.717, 1.165) is 18.7 Å². The van der Waals surface area contributed by atoms with Crippen LogP contribution in [0.3, 0.4) is 0 Å². The summed E-state index contributed by atoms with van der Waals surface area (Å²) in [6, 6.07) is 10.1. The van der Waals surface area contributed by atoms with Gasteiger partial charge < -0.3 is 10.0 Å². The first-order valence-corrected chi connectivity index (χ1v) is 7.52. The Morgan fingerprint density at radius 2 is 1.95 bits per heavy atom. The minimum absolute atomic E-state index is 0.499. The average Bonchev–Trinajstić information content (AvgIpc) is 2.80. The van der Waals surface area contributed by atoms with E-state index in [2.05, 4.69) is 30.8 Å². The summed E-state index contributed by atoms with van der Waals surface area (Å²) in [5.41, 5.74) is 0.0146. The predicted molar refractivity (Wildman–Crippen MR) is 84.5 cm³/mol. The average molecular weight is 290 g/mol. The fourth-order valence-corrected chi connectivity index (χ4v) is 3.38. The number of carboxylic acids is 1. The fraction of sp³-hybridized carbons (Fsp3) is 0.588. The van der Waals surface area contributed by atoms with Gasteiger partial charge in [-0.1, -0.05) is 37.3 Å². The van der Waals surface area contributed by atoms with Crippen molar-refractivity contribution in [1.82, 2.24) is 9.80 Å². The summed E-state index contributed by atoms with van der Waals surface area (Å²) in [6.07, 6.45) is 0. The van der Waals surface area contributed by atoms with Crippen molar-refractivity contribution < 1.29 is 9.90 Å². The maximum Gasteiger partial charge on any atom is 0.315 e. The molecule has 1 heterocycles. The summed E-state index contributed by atoms with van der Waals surface area (Å²) < 4.78 is 0. The standard InChI is InChI=1S/C17H26N2O2/c1-13-10-19(11-15(13)18(3)4)12-17(2,16(20)21)14-8-6-5-7-9-14/h5-9,13,15H,10-12H2,1-4H3,(H,20,21). The van der Waals surface area contributed by atoms with Crippen molar-refractivity contribution in [2.75, 3.05) is 33.7 Å². The first-order valence-electron chi connectivity index (χ1n) is 7.52. The number of nitrogens with zero attached hydrogens (tertiary/aromatic N) is 2. The molecular formula is C17H26N2O2. The molecule has 1 aromatic rings. The maximum absolute atomic E-state index is 11.9. The molecule has 1 aliphatic rings. The third-order valence-electron chi connectivity index (χ3n) is 4.73. The van der Waals surface area contributed by atoms with Crippen LogP contribution in [-0.4, -0.2) is 60.6 Å². The van der Waals surface area contributed by atoms with Crippen LogP contribution in [0, 0.1) is 5.92 Å². The fourth-order valence-electron chi connectivity index (χ4n) is 3.38. The topological polar surface area (TPSA) is 43.8 Å². The Kier molecular flexibility index (Phi) is 4.69. The molecule has 0 spiro atoms. The Morgan fingerprint density at radius 3 is 2.43 bits per heavy atom. The van der Waals surface area contributed by atoms with E-state index in [1.807, 2.05) is 37.3 Å². The van der Waals surface area contributed by atoms with Crippen molar-refractivity contribution in [3.8, 4) is 0 Å². The van der Waals surface area contributed by atoms with Crippen LogP contribution in [0.5, 0.6) is 0 Å². The Labute approximate surface area is 127 Å². The second-order valence-corrected chi connectivity index (χ2v) is 6.71. The van der Waals surface area contributed by atoms with Crippen LogP contribution >= 0.6 is 0 Å². The number of hydrogen-bond donors (Lipinski definition) is 1. The molecule has 2 rings (SSSR count). The van der Waals surface area contributed by atoms with Crippen molar-refractivity contribution in [3.63, 3.8) is 0 Å². The van der Waals surface area contributed by atoms with Gasteiger partial charge in [-0.15, -0.1) is 0 Å². The van der Waals surface area contributed by atoms with E-state index in [1.54, 1.807) is 0 Å². The predicted octanol–water partition coefficient (Wildman–Crippen LogP) is 1.91. The van der Waals surface area contributed by atoms with Crippen molar-refractivity contribution in [3.05, 3.63) is 35.9 Å². The van der Waals surface area contributed by atoms with Gasteiger partial charge in [0.15, 0.2) is 0 Å². The highest BCUT2D eigenvalue weighted by atomic mass is 16.4. The number of likely N-dealkylation sites (tertiary alicyclic amines) is 1. The minimum Gasteiger partial charge on any atom is -0.481 e. The summed E-state index contributed by atoms with van der Waals surface area (Å²) in [5.74, 6) is -0.191. The van der Waals surface area contributed by atoms with Gasteiger partial charge in [-0.05, 0) is 32.5 Å². The zero-order valence-electron chi connectivity index (χ0n) is 13.4. The summed E-state index contributed by atoms with van der Waals surface area (Å²) >= 11 is 0. The van der Waals surface area contributed by atoms with Gasteiger partial charge in [0.05, 0.1) is 0 Å². The van der Waals surface area contributed by atoms with Crippen molar-refractivity contribution in [2.24, 2.45) is 5.92 Å². The third kappa shape index (κ3) is 3.27. The molecule has 21 heavy (non-hydrogen) atoms. The van der Waals surface area contributed by atoms with Crippen molar-refractivity contribution >= 4 is 5.97 Å². The molecule has 4 nitrogen and oxygen atoms in total. The number of hydrogen-bond acceptors (Lipinski definition) is 3. The zero-order valence-corrected chi connectivity index (χ0v) is 13.4. The molecule has 0 radical (unpaired) electrons. The number of carboxylic acid groups (broad SMARTS) is 1. The first kappa shape index (κ1) is 16.0. The SMILES string of the molecule is CC1CN(CC(C)(C(=O)O)c2ccccc2)CC1N(C)C. The highest BCUT2D eigenvalue weighted by Gasteiger charge is 2.40. The zero-order chi connectivity index (χ0) is 15.6. The van der Waals surface area contributed by atoms with E-state index in [0.29, 0.717) is 18.5 Å². The van der Waals surface area contributed by atoms with E-state index in [4.69, 9.17) is 0 Å². The van der Waals surface area contributed by atoms with Crippen LogP contribution in [0.4, 0.5) is 0 Å². The molecule has 0 aromatic heterocycles. The molecule has 0 bridgehead atoms. The van der Waals surface area contributed by atoms with Crippen molar-refractivity contribution in [1.29, 1.82) is 0 Å². The van der Waals surface area contributed by atoms with Crippen LogP contribution in [0.1, 0.15) is 19.4 Å². The number of carbonyl (C=O) groups is 1. The summed E-state index contributed by atoms with van der Waals surface area (Å²) in [7, 11) is 4.19. The second-order valence-electron chi connectivity index (χ2n) is 6.71. The quantitative estimate of drug-likeness (QED) is 0.899. The van der Waals surface area contributed by atoms with Gasteiger partial charge in [-0.2, -0.15) is 0 Å². The minimum atomic E-state index is -0.859. The smallest absolute Gasteiger partial charge is 0.315 e. The Hall–Kier alpha value is -1.39. The van der Waals surface area contributed by atoms with Crippen LogP contribution in [0.15, 0.2) is 30.3 Å². The molecule has 0 aliphatic carbocycles. The number of rotatable bonds is 5. The van der Waals surface area contributed by atoms with Crippen LogP contribution in [0.25, 0.3) is 0 Å². The van der Waals surface area contributed by atoms with E-state index in [1.165, 1.54) is 0 Å². The van der Waals surface area contributed by atoms with Gasteiger partial charge in [0.1, 0.15) is 5.41 Å². The first-order chi connectivity index (χ1) is 9.84. The summed E-state index contributed by atoms with van der Waals surface area (Å²) in [4.78, 5) is 16.4. The molecule has 0 saturated carbocycles. The van der Waals surface area contributed by atoms with Gasteiger partial charge in [-0.25, -0.2) is 0 Å². The molecule has 4 heteroatoms. The highest BCUT2D eigenvalue weighted by Crippen LogP contribution is 2.29. The molecule has 1 aliphatic heterocycles. The van der Waals surface area contributed by atoms with Crippen molar-refractivity contribution in [2.45, 2.75) is 25.3 Å². The van der Waals surface area contributed by atoms with Gasteiger partial charge in [-0.3, -0.25) is 9.69 Å². The lowest BCUT2D eigenvalue weighted by Gasteiger charge is -2.31. The van der Waals surface area contributed by atoms with E-state index >= 15 is 0 Å². The highest BCUT2D eigenvalue weighted by molar-refractivity contribution is 5.81. The lowest BCUT2D eigenvalue weighted by molar-refractivity contribution is -0.144. The van der Waals surface area contributed by atoms with E-state index < -0.39 is 11.4 Å². The summed E-state index contributed by atoms with van der Waals surface area (Å²) in [5, 5.41) is 9.75. The Bertz CT molecular complexity index is 489. The molecule has 116 valence electrons. The van der Waals surface area contributed by atoms with Crippen LogP contribution in [0.2, 0.25) is 0 Å². The van der Waals surface area contributed by atoms with E-state index in [9.17, 15) is 9.90 Å². The number of benzene rings is 1. The van der Waals surface area contributed by atoms with Gasteiger partial charge in [0.25, 0.3) is 0 Å². The molecule has 1 N–H and O–H groups in total. The molecule has 1 saturated heterocycles. The molecule has 0 amide bonds. The Balaban J connectivity index is 2.17. The largest absolute Gasteiger partial charge is 0.481 e. The Morgan fingerprint density at radius 1 is 1.33 bits per heavy atom. The number of aliphatic carboxylic acids is 1. The maximum atomic E-state index is 11.9. The normalized spacial score (nSPS) is 26.0. The van der Waals surface area contributed by atoms with E-state index in [-0.39, 0.29) is 0 Å². The second kappa shape index (κ2) is 6.16. The third-order valence-corrected chi connectivity index (χ3v) is 4.73. The summed E-state index contributed by atoms with van der Waals surface area (Å²) in [6.45, 7) is 6.52. The molecule has 1 aromatic carbocycles. The lowest BCUT2D eigenvalue weighted by Crippen LogP contribution is -2.44.